The predicted molar refractivity (Wildman–Crippen MR) is 158 cm³/mol. The highest BCUT2D eigenvalue weighted by atomic mass is 35.5. The molecule has 6 rings (SSSR count). The van der Waals surface area contributed by atoms with Crippen LogP contribution in [0.2, 0.25) is 5.15 Å². The van der Waals surface area contributed by atoms with Crippen molar-refractivity contribution >= 4 is 51.1 Å². The van der Waals surface area contributed by atoms with Crippen LogP contribution in [0.5, 0.6) is 0 Å². The van der Waals surface area contributed by atoms with Crippen molar-refractivity contribution in [1.29, 1.82) is 0 Å². The molecule has 1 saturated heterocycles. The third-order valence-electron chi connectivity index (χ3n) is 7.83. The number of fused-ring (bicyclic) bond motifs is 3. The van der Waals surface area contributed by atoms with Crippen LogP contribution in [-0.4, -0.2) is 39.1 Å². The number of pyridine rings is 1. The first kappa shape index (κ1) is 27.0. The van der Waals surface area contributed by atoms with E-state index < -0.39 is 11.8 Å². The van der Waals surface area contributed by atoms with Crippen LogP contribution in [0, 0.1) is 11.2 Å². The number of hydrogen-bond acceptors (Lipinski definition) is 7. The Kier molecular flexibility index (Phi) is 6.99. The molecule has 0 unspecified atom stereocenters. The number of piperidine rings is 1. The second-order valence-corrected chi connectivity index (χ2v) is 11.5. The molecule has 210 valence electrons. The third kappa shape index (κ3) is 5.29. The van der Waals surface area contributed by atoms with E-state index in [2.05, 4.69) is 39.0 Å². The van der Waals surface area contributed by atoms with E-state index in [4.69, 9.17) is 16.0 Å². The summed E-state index contributed by atoms with van der Waals surface area (Å²) >= 11 is 6.43. The number of rotatable bonds is 7. The van der Waals surface area contributed by atoms with Crippen molar-refractivity contribution in [3.05, 3.63) is 77.1 Å². The molecule has 1 aliphatic heterocycles. The van der Waals surface area contributed by atoms with E-state index in [0.29, 0.717) is 50.4 Å². The van der Waals surface area contributed by atoms with Gasteiger partial charge in [0.15, 0.2) is 11.4 Å². The molecule has 3 aromatic heterocycles. The van der Waals surface area contributed by atoms with Crippen molar-refractivity contribution < 1.29 is 18.7 Å². The van der Waals surface area contributed by atoms with Crippen molar-refractivity contribution in [2.24, 2.45) is 5.41 Å². The van der Waals surface area contributed by atoms with Crippen LogP contribution < -0.4 is 10.2 Å². The lowest BCUT2D eigenvalue weighted by atomic mass is 9.82. The quantitative estimate of drug-likeness (QED) is 0.199. The monoisotopic (exact) mass is 573 g/mol. The average Bonchev–Trinajstić information content (AvgIpc) is 3.33. The lowest BCUT2D eigenvalue weighted by molar-refractivity contribution is -0.136. The first-order chi connectivity index (χ1) is 19.7. The van der Waals surface area contributed by atoms with Gasteiger partial charge in [-0.15, -0.1) is 0 Å². The summed E-state index contributed by atoms with van der Waals surface area (Å²) < 4.78 is 21.5. The van der Waals surface area contributed by atoms with Crippen LogP contribution in [0.25, 0.3) is 33.2 Å². The first-order valence-corrected chi connectivity index (χ1v) is 13.9. The van der Waals surface area contributed by atoms with Gasteiger partial charge in [0, 0.05) is 47.9 Å². The molecular formula is C31H29ClFN5O3. The maximum atomic E-state index is 15.5. The zero-order valence-electron chi connectivity index (χ0n) is 22.7. The van der Waals surface area contributed by atoms with Crippen molar-refractivity contribution in [3.8, 4) is 11.1 Å². The molecule has 0 saturated carbocycles. The van der Waals surface area contributed by atoms with Crippen LogP contribution >= 0.6 is 11.6 Å². The normalized spacial score (nSPS) is 15.0. The molecule has 0 bridgehead atoms. The number of aromatic nitrogens is 3. The van der Waals surface area contributed by atoms with Crippen LogP contribution in [0.1, 0.15) is 37.8 Å². The molecule has 0 atom stereocenters. The maximum Gasteiger partial charge on any atom is 0.308 e. The summed E-state index contributed by atoms with van der Waals surface area (Å²) in [7, 11) is 0. The summed E-state index contributed by atoms with van der Waals surface area (Å²) in [6, 6.07) is 12.6. The smallest absolute Gasteiger partial charge is 0.308 e. The molecule has 41 heavy (non-hydrogen) atoms. The largest absolute Gasteiger partial charge is 0.481 e. The van der Waals surface area contributed by atoms with Gasteiger partial charge in [-0.25, -0.2) is 19.3 Å². The molecule has 0 radical (unpaired) electrons. The number of para-hydroxylation sites is 1. The van der Waals surface area contributed by atoms with Gasteiger partial charge in [-0.3, -0.25) is 4.79 Å². The number of aliphatic carboxylic acids is 1. The number of nitrogens with one attached hydrogen (secondary N) is 1. The fraction of sp³-hybridized carbons (Fsp3) is 0.290. The number of nitrogens with zero attached hydrogens (tertiary/aromatic N) is 4. The first-order valence-electron chi connectivity index (χ1n) is 13.5. The molecule has 0 spiro atoms. The van der Waals surface area contributed by atoms with Gasteiger partial charge in [-0.05, 0) is 42.0 Å². The van der Waals surface area contributed by atoms with Crippen LogP contribution in [0.3, 0.4) is 0 Å². The number of carboxylic acids is 1. The highest BCUT2D eigenvalue weighted by Gasteiger charge is 2.30. The Hall–Kier alpha value is -4.24. The molecule has 1 aliphatic rings. The number of benzene rings is 2. The Morgan fingerprint density at radius 1 is 1.15 bits per heavy atom. The number of carbonyl (C=O) groups is 1. The Labute approximate surface area is 241 Å². The van der Waals surface area contributed by atoms with Gasteiger partial charge < -0.3 is 19.7 Å². The minimum Gasteiger partial charge on any atom is -0.481 e. The fourth-order valence-corrected chi connectivity index (χ4v) is 5.63. The lowest BCUT2D eigenvalue weighted by Crippen LogP contribution is -2.38. The van der Waals surface area contributed by atoms with Crippen LogP contribution in [0.15, 0.2) is 59.4 Å². The predicted octanol–water partition coefficient (Wildman–Crippen LogP) is 7.10. The molecule has 5 aromatic rings. The molecule has 10 heteroatoms. The van der Waals surface area contributed by atoms with E-state index in [-0.39, 0.29) is 23.5 Å². The second kappa shape index (κ2) is 10.6. The molecule has 0 amide bonds. The lowest BCUT2D eigenvalue weighted by Gasteiger charge is -2.40. The minimum atomic E-state index is -1.000. The molecular weight excluding hydrogens is 545 g/mol. The second-order valence-electron chi connectivity index (χ2n) is 11.2. The highest BCUT2D eigenvalue weighted by Crippen LogP contribution is 2.41. The number of carboxylic acid groups (broad SMARTS) is 1. The zero-order chi connectivity index (χ0) is 28.7. The van der Waals surface area contributed by atoms with Crippen molar-refractivity contribution in [3.63, 3.8) is 0 Å². The Balaban J connectivity index is 1.31. The maximum absolute atomic E-state index is 15.5. The van der Waals surface area contributed by atoms with Gasteiger partial charge in [0.1, 0.15) is 28.4 Å². The van der Waals surface area contributed by atoms with E-state index in [1.165, 1.54) is 12.4 Å². The number of furan rings is 1. The van der Waals surface area contributed by atoms with Gasteiger partial charge in [0.25, 0.3) is 0 Å². The van der Waals surface area contributed by atoms with Gasteiger partial charge in [-0.1, -0.05) is 49.7 Å². The topological polar surface area (TPSA) is 104 Å². The van der Waals surface area contributed by atoms with E-state index in [9.17, 15) is 9.90 Å². The highest BCUT2D eigenvalue weighted by molar-refractivity contribution is 6.31. The standard InChI is InChI=1S/C31H29ClFN5O3/c1-31(2)9-11-38(12-10-31)27-21(14-25(39)40)29(32)34-16-22(27)18-7-8-19(23(33)13-18)15-35-30-28-26(36-17-37-30)20-5-3-4-6-24(20)41-28/h3-8,13,16-17H,9-12,14-15H2,1-2H3,(H,39,40)(H,35,36,37). The summed E-state index contributed by atoms with van der Waals surface area (Å²) in [5.41, 5.74) is 4.95. The van der Waals surface area contributed by atoms with Crippen LogP contribution in [0.4, 0.5) is 15.9 Å². The van der Waals surface area contributed by atoms with E-state index in [0.717, 1.165) is 31.3 Å². The third-order valence-corrected chi connectivity index (χ3v) is 8.15. The molecule has 2 N–H and O–H groups in total. The molecule has 4 heterocycles. The zero-order valence-corrected chi connectivity index (χ0v) is 23.5. The molecule has 2 aromatic carbocycles. The molecule has 8 nitrogen and oxygen atoms in total. The van der Waals surface area contributed by atoms with Crippen LogP contribution in [-0.2, 0) is 17.8 Å². The summed E-state index contributed by atoms with van der Waals surface area (Å²) in [5, 5.41) is 13.8. The van der Waals surface area contributed by atoms with Crippen molar-refractivity contribution in [1.82, 2.24) is 15.0 Å². The summed E-state index contributed by atoms with van der Waals surface area (Å²) in [4.78, 5) is 26.9. The fourth-order valence-electron chi connectivity index (χ4n) is 5.42. The van der Waals surface area contributed by atoms with Crippen molar-refractivity contribution in [2.45, 2.75) is 39.7 Å². The average molecular weight is 574 g/mol. The number of hydrogen-bond donors (Lipinski definition) is 2. The van der Waals surface area contributed by atoms with Gasteiger partial charge in [-0.2, -0.15) is 0 Å². The summed E-state index contributed by atoms with van der Waals surface area (Å²) in [6.45, 7) is 6.11. The van der Waals surface area contributed by atoms with Gasteiger partial charge in [0.05, 0.1) is 12.1 Å². The summed E-state index contributed by atoms with van der Waals surface area (Å²) in [6.07, 6.45) is 4.68. The Morgan fingerprint density at radius 3 is 2.68 bits per heavy atom. The summed E-state index contributed by atoms with van der Waals surface area (Å²) in [5.74, 6) is -0.934. The van der Waals surface area contributed by atoms with E-state index >= 15 is 4.39 Å². The molecule has 0 aliphatic carbocycles. The number of halogens is 2. The Morgan fingerprint density at radius 2 is 1.93 bits per heavy atom. The SMILES string of the molecule is CC1(C)CCN(c2c(-c3ccc(CNc4ncnc5c4oc4ccccc45)c(F)c3)cnc(Cl)c2CC(=O)O)CC1. The van der Waals surface area contributed by atoms with E-state index in [1.54, 1.807) is 12.3 Å². The van der Waals surface area contributed by atoms with Crippen molar-refractivity contribution in [2.75, 3.05) is 23.3 Å². The Bertz CT molecular complexity index is 1780. The van der Waals surface area contributed by atoms with Gasteiger partial charge >= 0.3 is 5.97 Å². The van der Waals surface area contributed by atoms with E-state index in [1.807, 2.05) is 30.3 Å². The minimum absolute atomic E-state index is 0.152. The van der Waals surface area contributed by atoms with Gasteiger partial charge in [0.2, 0.25) is 0 Å². The number of anilines is 2. The molecule has 1 fully saturated rings.